The normalized spacial score (nSPS) is 13.0. The van der Waals surface area contributed by atoms with Gasteiger partial charge in [0.05, 0.1) is 25.0 Å². The number of anilines is 1. The Balaban J connectivity index is 0.000000383. The van der Waals surface area contributed by atoms with Crippen molar-refractivity contribution in [2.45, 2.75) is 32.2 Å². The van der Waals surface area contributed by atoms with Gasteiger partial charge in [0.15, 0.2) is 0 Å². The lowest BCUT2D eigenvalue weighted by atomic mass is 10.1. The third-order valence-electron chi connectivity index (χ3n) is 5.19. The van der Waals surface area contributed by atoms with E-state index in [9.17, 15) is 13.2 Å². The van der Waals surface area contributed by atoms with E-state index >= 15 is 0 Å². The highest BCUT2D eigenvalue weighted by Gasteiger charge is 2.38. The maximum Gasteiger partial charge on any atom is 0.490 e. The molecule has 0 fully saturated rings. The van der Waals surface area contributed by atoms with Gasteiger partial charge in [-0.05, 0) is 43.3 Å². The van der Waals surface area contributed by atoms with Crippen LogP contribution in [0.1, 0.15) is 22.4 Å². The Hall–Kier alpha value is -3.40. The first-order valence-corrected chi connectivity index (χ1v) is 10.4. The van der Waals surface area contributed by atoms with E-state index in [1.807, 2.05) is 10.9 Å². The molecule has 7 nitrogen and oxygen atoms in total. The molecule has 176 valence electrons. The average Bonchev–Trinajstić information content (AvgIpc) is 3.13. The molecule has 0 saturated carbocycles. The molecule has 0 unspecified atom stereocenters. The fourth-order valence-electron chi connectivity index (χ4n) is 3.46. The number of carboxylic acid groups (broad SMARTS) is 1. The van der Waals surface area contributed by atoms with Crippen LogP contribution in [0.2, 0.25) is 0 Å². The average molecular weight is 461 g/mol. The summed E-state index contributed by atoms with van der Waals surface area (Å²) in [4.78, 5) is 13.5. The minimum absolute atomic E-state index is 0.783. The number of halogens is 3. The standard InChI is InChI=1S/C21H25N5.C2HF3O2/c1-24(2)12-11-17-7-9-18(10-8-17)14-25-16-20-13-22-23-26(20)15-19-5-3-4-6-21(19)25;3-2(4,5)1(6)7/h3-10,13H,11-12,14-16H2,1-2H3;(H,6,7). The minimum Gasteiger partial charge on any atom is -0.475 e. The molecule has 0 saturated heterocycles. The summed E-state index contributed by atoms with van der Waals surface area (Å²) in [6, 6.07) is 17.6. The molecule has 1 aromatic heterocycles. The number of fused-ring (bicyclic) bond motifs is 2. The molecule has 2 heterocycles. The molecule has 1 aliphatic heterocycles. The summed E-state index contributed by atoms with van der Waals surface area (Å²) >= 11 is 0. The summed E-state index contributed by atoms with van der Waals surface area (Å²) in [5.41, 5.74) is 6.45. The third kappa shape index (κ3) is 6.79. The topological polar surface area (TPSA) is 74.5 Å². The van der Waals surface area contributed by atoms with Gasteiger partial charge in [-0.2, -0.15) is 13.2 Å². The van der Waals surface area contributed by atoms with Crippen molar-refractivity contribution in [3.63, 3.8) is 0 Å². The quantitative estimate of drug-likeness (QED) is 0.626. The number of hydrogen-bond acceptors (Lipinski definition) is 5. The minimum atomic E-state index is -5.08. The molecule has 0 radical (unpaired) electrons. The number of aliphatic carboxylic acids is 1. The smallest absolute Gasteiger partial charge is 0.475 e. The summed E-state index contributed by atoms with van der Waals surface area (Å²) in [7, 11) is 4.23. The molecule has 3 aromatic rings. The van der Waals surface area contributed by atoms with E-state index in [0.717, 1.165) is 38.3 Å². The molecule has 4 rings (SSSR count). The maximum atomic E-state index is 10.6. The number of hydrogen-bond donors (Lipinski definition) is 1. The molecule has 10 heteroatoms. The van der Waals surface area contributed by atoms with Crippen LogP contribution in [-0.4, -0.2) is 57.8 Å². The lowest BCUT2D eigenvalue weighted by Gasteiger charge is -2.24. The van der Waals surface area contributed by atoms with Gasteiger partial charge in [0.25, 0.3) is 0 Å². The summed E-state index contributed by atoms with van der Waals surface area (Å²) in [6.45, 7) is 3.57. The molecule has 0 atom stereocenters. The first-order valence-electron chi connectivity index (χ1n) is 10.4. The Kier molecular flexibility index (Phi) is 7.70. The Morgan fingerprint density at radius 2 is 1.70 bits per heavy atom. The fraction of sp³-hybridized carbons (Fsp3) is 0.348. The van der Waals surface area contributed by atoms with Gasteiger partial charge in [-0.15, -0.1) is 5.10 Å². The first kappa shape index (κ1) is 24.2. The number of carboxylic acids is 1. The first-order chi connectivity index (χ1) is 15.6. The van der Waals surface area contributed by atoms with Gasteiger partial charge < -0.3 is 14.9 Å². The predicted octanol–water partition coefficient (Wildman–Crippen LogP) is 3.58. The van der Waals surface area contributed by atoms with Crippen LogP contribution in [0.4, 0.5) is 18.9 Å². The van der Waals surface area contributed by atoms with E-state index in [4.69, 9.17) is 9.90 Å². The molecular weight excluding hydrogens is 435 g/mol. The Bertz CT molecular complexity index is 1060. The Labute approximate surface area is 190 Å². The molecular formula is C23H26F3N5O2. The van der Waals surface area contributed by atoms with E-state index in [0.29, 0.717) is 0 Å². The van der Waals surface area contributed by atoms with Crippen LogP contribution >= 0.6 is 0 Å². The van der Waals surface area contributed by atoms with Gasteiger partial charge in [0.1, 0.15) is 0 Å². The lowest BCUT2D eigenvalue weighted by molar-refractivity contribution is -0.192. The van der Waals surface area contributed by atoms with E-state index in [2.05, 4.69) is 82.7 Å². The third-order valence-corrected chi connectivity index (χ3v) is 5.19. The van der Waals surface area contributed by atoms with Gasteiger partial charge in [-0.25, -0.2) is 9.48 Å². The van der Waals surface area contributed by atoms with Gasteiger partial charge in [-0.1, -0.05) is 47.7 Å². The molecule has 0 amide bonds. The zero-order valence-electron chi connectivity index (χ0n) is 18.5. The molecule has 0 bridgehead atoms. The van der Waals surface area contributed by atoms with Crippen LogP contribution in [0.15, 0.2) is 54.7 Å². The highest BCUT2D eigenvalue weighted by Crippen LogP contribution is 2.28. The van der Waals surface area contributed by atoms with Crippen molar-refractivity contribution in [2.75, 3.05) is 25.5 Å². The number of alkyl halides is 3. The van der Waals surface area contributed by atoms with Gasteiger partial charge in [0.2, 0.25) is 0 Å². The van der Waals surface area contributed by atoms with Crippen LogP contribution in [0, 0.1) is 0 Å². The van der Waals surface area contributed by atoms with Crippen molar-refractivity contribution >= 4 is 11.7 Å². The van der Waals surface area contributed by atoms with Crippen molar-refractivity contribution in [3.05, 3.63) is 77.1 Å². The summed E-state index contributed by atoms with van der Waals surface area (Å²) in [5, 5.41) is 15.5. The molecule has 0 spiro atoms. The largest absolute Gasteiger partial charge is 0.490 e. The van der Waals surface area contributed by atoms with E-state index < -0.39 is 12.1 Å². The van der Waals surface area contributed by atoms with Crippen LogP contribution in [-0.2, 0) is 30.8 Å². The second-order valence-corrected chi connectivity index (χ2v) is 8.04. The number of rotatable bonds is 5. The second-order valence-electron chi connectivity index (χ2n) is 8.04. The number of carbonyl (C=O) groups is 1. The Morgan fingerprint density at radius 3 is 2.33 bits per heavy atom. The van der Waals surface area contributed by atoms with E-state index in [1.165, 1.54) is 22.4 Å². The van der Waals surface area contributed by atoms with Crippen LogP contribution in [0.3, 0.4) is 0 Å². The lowest BCUT2D eigenvalue weighted by Crippen LogP contribution is -2.22. The molecule has 2 aromatic carbocycles. The summed E-state index contributed by atoms with van der Waals surface area (Å²) in [5.74, 6) is -2.76. The zero-order chi connectivity index (χ0) is 24.0. The summed E-state index contributed by atoms with van der Waals surface area (Å²) in [6.07, 6.45) is -2.12. The van der Waals surface area contributed by atoms with Crippen molar-refractivity contribution in [1.29, 1.82) is 0 Å². The molecule has 1 N–H and O–H groups in total. The van der Waals surface area contributed by atoms with Crippen molar-refractivity contribution in [2.24, 2.45) is 0 Å². The van der Waals surface area contributed by atoms with Gasteiger partial charge >= 0.3 is 12.1 Å². The number of benzene rings is 2. The van der Waals surface area contributed by atoms with Crippen LogP contribution < -0.4 is 4.90 Å². The molecule has 0 aliphatic carbocycles. The SMILES string of the molecule is CN(C)CCc1ccc(CN2Cc3cnnn3Cc3ccccc32)cc1.O=C(O)C(F)(F)F. The highest BCUT2D eigenvalue weighted by molar-refractivity contribution is 5.73. The highest BCUT2D eigenvalue weighted by atomic mass is 19.4. The number of para-hydroxylation sites is 1. The van der Waals surface area contributed by atoms with Gasteiger partial charge in [-0.3, -0.25) is 0 Å². The number of likely N-dealkylation sites (N-methyl/N-ethyl adjacent to an activating group) is 1. The Morgan fingerprint density at radius 1 is 1.06 bits per heavy atom. The molecule has 33 heavy (non-hydrogen) atoms. The van der Waals surface area contributed by atoms with Crippen molar-refractivity contribution < 1.29 is 23.1 Å². The monoisotopic (exact) mass is 461 g/mol. The molecule has 1 aliphatic rings. The number of nitrogens with zero attached hydrogens (tertiary/aromatic N) is 5. The van der Waals surface area contributed by atoms with E-state index in [-0.39, 0.29) is 0 Å². The predicted molar refractivity (Wildman–Crippen MR) is 118 cm³/mol. The second kappa shape index (κ2) is 10.5. The summed E-state index contributed by atoms with van der Waals surface area (Å²) < 4.78 is 33.7. The fourth-order valence-corrected chi connectivity index (χ4v) is 3.46. The van der Waals surface area contributed by atoms with E-state index in [1.54, 1.807) is 0 Å². The zero-order valence-corrected chi connectivity index (χ0v) is 18.5. The maximum absolute atomic E-state index is 10.6. The number of aromatic nitrogens is 3. The van der Waals surface area contributed by atoms with Crippen LogP contribution in [0.5, 0.6) is 0 Å². The van der Waals surface area contributed by atoms with Gasteiger partial charge in [0, 0.05) is 18.8 Å². The van der Waals surface area contributed by atoms with Crippen molar-refractivity contribution in [1.82, 2.24) is 19.9 Å². The van der Waals surface area contributed by atoms with Crippen LogP contribution in [0.25, 0.3) is 0 Å². The van der Waals surface area contributed by atoms with Crippen molar-refractivity contribution in [3.8, 4) is 0 Å².